The summed E-state index contributed by atoms with van der Waals surface area (Å²) in [5.74, 6) is -0.00118. The van der Waals surface area contributed by atoms with Gasteiger partial charge in [-0.2, -0.15) is 0 Å². The van der Waals surface area contributed by atoms with Gasteiger partial charge < -0.3 is 41.5 Å². The zero-order valence-corrected chi connectivity index (χ0v) is 40.3. The fourth-order valence-corrected chi connectivity index (χ4v) is 11.0. The number of rotatable bonds is 23. The summed E-state index contributed by atoms with van der Waals surface area (Å²) in [6, 6.07) is 14.9. The fraction of sp³-hybridized carbons (Fsp3) is 0.549. The lowest BCUT2D eigenvalue weighted by molar-refractivity contribution is -0.215. The molecule has 7 N–H and O–H groups in total. The van der Waals surface area contributed by atoms with Crippen LogP contribution in [0.25, 0.3) is 21.7 Å². The van der Waals surface area contributed by atoms with Crippen LogP contribution in [-0.2, 0) is 25.7 Å². The number of benzene rings is 2. The number of hydrogen-bond acceptors (Lipinski definition) is 12. The Balaban J connectivity index is 0.722. The molecule has 8 rings (SSSR count). The van der Waals surface area contributed by atoms with Gasteiger partial charge in [0.2, 0.25) is 23.6 Å². The Morgan fingerprint density at radius 3 is 2.19 bits per heavy atom. The van der Waals surface area contributed by atoms with E-state index in [2.05, 4.69) is 31.1 Å². The smallest absolute Gasteiger partial charge is 0.246 e. The van der Waals surface area contributed by atoms with Crippen LogP contribution in [0.4, 0.5) is 5.82 Å². The number of β-amino-alcohol motifs (C(OH)–C–C–N with tert-alkyl or cyclic N) is 1. The number of amides is 4. The minimum atomic E-state index is -0.850. The van der Waals surface area contributed by atoms with Crippen molar-refractivity contribution in [2.45, 2.75) is 142 Å². The van der Waals surface area contributed by atoms with Crippen molar-refractivity contribution < 1.29 is 34.1 Å². The van der Waals surface area contributed by atoms with E-state index >= 15 is 0 Å². The molecule has 3 saturated carbocycles. The number of nitrogen functional groups attached to an aromatic ring is 1. The van der Waals surface area contributed by atoms with Crippen LogP contribution in [-0.4, -0.2) is 91.8 Å². The van der Waals surface area contributed by atoms with Gasteiger partial charge in [0.15, 0.2) is 11.6 Å². The zero-order valence-electron chi connectivity index (χ0n) is 39.4. The number of phenols is 1. The Morgan fingerprint density at radius 2 is 1.55 bits per heavy atom. The zero-order chi connectivity index (χ0) is 47.8. The highest BCUT2D eigenvalue weighted by Crippen LogP contribution is 2.73. The number of aliphatic hydroxyl groups excluding tert-OH is 1. The number of nitrogens with two attached hydrogens (primary N) is 1. The fourth-order valence-electron chi connectivity index (χ4n) is 10.1. The molecule has 1 aliphatic heterocycles. The molecule has 4 aromatic rings. The minimum absolute atomic E-state index is 0.0322. The van der Waals surface area contributed by atoms with E-state index in [1.807, 2.05) is 63.5 Å². The Hall–Kier alpha value is -5.61. The molecule has 2 aromatic heterocycles. The summed E-state index contributed by atoms with van der Waals surface area (Å²) in [5, 5.41) is 38.0. The number of unbranched alkanes of at least 4 members (excludes halogenated alkanes) is 7. The van der Waals surface area contributed by atoms with Gasteiger partial charge in [0.05, 0.1) is 28.8 Å². The Morgan fingerprint density at radius 1 is 0.896 bits per heavy atom. The maximum atomic E-state index is 14.0. The highest BCUT2D eigenvalue weighted by Gasteiger charge is 2.67. The van der Waals surface area contributed by atoms with Crippen LogP contribution in [0.2, 0.25) is 0 Å². The standard InChI is InChI=1S/C51H68N8O7S/c1-33-44(67-32-55-33)35-21-19-34(20-22-35)25-53-47(64)39-23-36(60)26-59(39)48(65)45(49(2,3)4)56-43(63)18-12-10-8-6-5-7-9-11-17-42(62)54-30-50-27-51(28-50,29-50)31-66-41-24-38(57-58-46(41)52)37-15-13-14-16-40(37)61/h13-16,19-22,24,32,36,39,45,60-61H,5-12,17-18,23,25-31H2,1-4H3,(H2,52,58)(H,53,64)(H,54,62)(H,56,63)/t36-,39+,45-,50?,51?/m1/s1. The molecular weight excluding hydrogens is 869 g/mol. The predicted molar refractivity (Wildman–Crippen MR) is 259 cm³/mol. The second kappa shape index (κ2) is 21.6. The van der Waals surface area contributed by atoms with E-state index in [9.17, 15) is 29.4 Å². The summed E-state index contributed by atoms with van der Waals surface area (Å²) < 4.78 is 6.11. The molecular formula is C51H68N8O7S. The van der Waals surface area contributed by atoms with E-state index in [1.165, 1.54) is 4.90 Å². The molecule has 4 fully saturated rings. The predicted octanol–water partition coefficient (Wildman–Crippen LogP) is 7.24. The number of aromatic hydroxyl groups is 1. The number of phenolic OH excluding ortho intramolecular Hbond substituents is 1. The third kappa shape index (κ3) is 12.5. The van der Waals surface area contributed by atoms with Crippen molar-refractivity contribution >= 4 is 40.8 Å². The largest absolute Gasteiger partial charge is 0.507 e. The van der Waals surface area contributed by atoms with E-state index < -0.39 is 23.6 Å². The van der Waals surface area contributed by atoms with Gasteiger partial charge in [0, 0.05) is 55.9 Å². The number of nitrogens with one attached hydrogen (secondary N) is 3. The molecule has 4 amide bonds. The molecule has 0 unspecified atom stereocenters. The summed E-state index contributed by atoms with van der Waals surface area (Å²) in [7, 11) is 0. The Kier molecular flexibility index (Phi) is 15.9. The number of aromatic nitrogens is 3. The van der Waals surface area contributed by atoms with Crippen LogP contribution in [0.1, 0.15) is 122 Å². The molecule has 2 bridgehead atoms. The van der Waals surface area contributed by atoms with Crippen molar-refractivity contribution in [3.05, 3.63) is 71.4 Å². The van der Waals surface area contributed by atoms with Crippen molar-refractivity contribution in [1.29, 1.82) is 0 Å². The number of ether oxygens (including phenoxy) is 1. The van der Waals surface area contributed by atoms with Crippen LogP contribution in [0, 0.1) is 23.2 Å². The van der Waals surface area contributed by atoms with Crippen LogP contribution < -0.4 is 26.4 Å². The first-order chi connectivity index (χ1) is 32.0. The number of hydrogen-bond donors (Lipinski definition) is 6. The monoisotopic (exact) mass is 936 g/mol. The molecule has 3 aliphatic carbocycles. The lowest BCUT2D eigenvalue weighted by Crippen LogP contribution is -2.67. The molecule has 15 nitrogen and oxygen atoms in total. The average Bonchev–Trinajstić information content (AvgIpc) is 3.89. The number of aryl methyl sites for hydroxylation is 1. The average molecular weight is 937 g/mol. The lowest BCUT2D eigenvalue weighted by atomic mass is 9.35. The number of para-hydroxylation sites is 1. The quantitative estimate of drug-likeness (QED) is 0.0407. The highest BCUT2D eigenvalue weighted by atomic mass is 32.1. The highest BCUT2D eigenvalue weighted by molar-refractivity contribution is 7.13. The van der Waals surface area contributed by atoms with Gasteiger partial charge >= 0.3 is 0 Å². The number of thiazole rings is 1. The second-order valence-electron chi connectivity index (χ2n) is 20.4. The molecule has 2 aromatic carbocycles. The Bertz CT molecular complexity index is 2350. The normalized spacial score (nSPS) is 21.2. The van der Waals surface area contributed by atoms with Gasteiger partial charge in [-0.25, -0.2) is 4.98 Å². The van der Waals surface area contributed by atoms with Gasteiger partial charge in [-0.05, 0) is 73.1 Å². The number of nitrogens with zero attached hydrogens (tertiary/aromatic N) is 4. The van der Waals surface area contributed by atoms with E-state index in [4.69, 9.17) is 10.5 Å². The minimum Gasteiger partial charge on any atom is -0.507 e. The van der Waals surface area contributed by atoms with Gasteiger partial charge in [-0.1, -0.05) is 95.7 Å². The maximum Gasteiger partial charge on any atom is 0.246 e. The molecule has 4 aliphatic rings. The summed E-state index contributed by atoms with van der Waals surface area (Å²) in [6.45, 7) is 9.19. The number of carbonyl (C=O) groups excluding carboxylic acids is 4. The number of carbonyl (C=O) groups is 4. The van der Waals surface area contributed by atoms with Gasteiger partial charge in [-0.3, -0.25) is 19.2 Å². The van der Waals surface area contributed by atoms with E-state index in [1.54, 1.807) is 35.6 Å². The van der Waals surface area contributed by atoms with Crippen LogP contribution in [0.3, 0.4) is 0 Å². The van der Waals surface area contributed by atoms with E-state index in [0.29, 0.717) is 49.4 Å². The maximum absolute atomic E-state index is 14.0. The van der Waals surface area contributed by atoms with Crippen molar-refractivity contribution in [3.63, 3.8) is 0 Å². The lowest BCUT2D eigenvalue weighted by Gasteiger charge is -2.70. The molecule has 3 atom stereocenters. The second-order valence-corrected chi connectivity index (χ2v) is 21.2. The number of likely N-dealkylation sites (tertiary alicyclic amines) is 1. The number of anilines is 1. The van der Waals surface area contributed by atoms with Gasteiger partial charge in [0.1, 0.15) is 23.5 Å². The first kappa shape index (κ1) is 49.3. The summed E-state index contributed by atoms with van der Waals surface area (Å²) in [6.07, 6.45) is 10.8. The van der Waals surface area contributed by atoms with Gasteiger partial charge in [0.25, 0.3) is 0 Å². The molecule has 360 valence electrons. The number of aliphatic hydroxyl groups is 1. The molecule has 0 spiro atoms. The van der Waals surface area contributed by atoms with Gasteiger partial charge in [-0.15, -0.1) is 21.5 Å². The van der Waals surface area contributed by atoms with Crippen LogP contribution in [0.5, 0.6) is 11.5 Å². The molecule has 67 heavy (non-hydrogen) atoms. The van der Waals surface area contributed by atoms with Crippen LogP contribution in [0.15, 0.2) is 60.1 Å². The van der Waals surface area contributed by atoms with Crippen molar-refractivity contribution in [2.24, 2.45) is 16.2 Å². The third-order valence-electron chi connectivity index (χ3n) is 13.7. The SMILES string of the molecule is Cc1ncsc1-c1ccc(CNC(=O)[C@@H]2C[C@@H](O)CN2C(=O)[C@@H](NC(=O)CCCCCCCCCCC(=O)NCC23CC(COc4cc(-c5ccccc5O)nnc4N)(C2)C3)C(C)(C)C)cc1. The van der Waals surface area contributed by atoms with E-state index in [-0.39, 0.29) is 65.5 Å². The summed E-state index contributed by atoms with van der Waals surface area (Å²) >= 11 is 1.58. The van der Waals surface area contributed by atoms with E-state index in [0.717, 1.165) is 85.9 Å². The summed E-state index contributed by atoms with van der Waals surface area (Å²) in [5.41, 5.74) is 11.5. The molecule has 0 radical (unpaired) electrons. The van der Waals surface area contributed by atoms with Crippen LogP contribution >= 0.6 is 11.3 Å². The van der Waals surface area contributed by atoms with Crippen molar-refractivity contribution in [2.75, 3.05) is 25.4 Å². The summed E-state index contributed by atoms with van der Waals surface area (Å²) in [4.78, 5) is 60.1. The molecule has 1 saturated heterocycles. The first-order valence-corrected chi connectivity index (χ1v) is 24.8. The Labute approximate surface area is 398 Å². The van der Waals surface area contributed by atoms with Crippen molar-refractivity contribution in [3.8, 4) is 33.2 Å². The van der Waals surface area contributed by atoms with Crippen molar-refractivity contribution in [1.82, 2.24) is 36.0 Å². The molecule has 3 heterocycles. The first-order valence-electron chi connectivity index (χ1n) is 23.9. The third-order valence-corrected chi connectivity index (χ3v) is 14.7. The topological polar surface area (TPSA) is 222 Å². The molecule has 16 heteroatoms.